The molecule has 2 nitrogen and oxygen atoms in total. The molecule has 1 aromatic carbocycles. The van der Waals surface area contributed by atoms with Gasteiger partial charge >= 0.3 is 0 Å². The van der Waals surface area contributed by atoms with Crippen molar-refractivity contribution < 1.29 is 9.90 Å². The Morgan fingerprint density at radius 2 is 2.15 bits per heavy atom. The molecule has 3 heteroatoms. The van der Waals surface area contributed by atoms with E-state index in [-0.39, 0.29) is 5.75 Å². The highest BCUT2D eigenvalue weighted by atomic mass is 32.1. The highest BCUT2D eigenvalue weighted by molar-refractivity contribution is 7.19. The van der Waals surface area contributed by atoms with Gasteiger partial charge < -0.3 is 5.11 Å². The zero-order valence-corrected chi connectivity index (χ0v) is 7.89. The van der Waals surface area contributed by atoms with E-state index in [1.807, 2.05) is 13.0 Å². The van der Waals surface area contributed by atoms with Gasteiger partial charge in [0.1, 0.15) is 12.0 Å². The zero-order chi connectivity index (χ0) is 9.42. The molecular formula is C10H8O2S. The maximum Gasteiger partial charge on any atom is 0.150 e. The summed E-state index contributed by atoms with van der Waals surface area (Å²) in [6.45, 7) is 1.98. The van der Waals surface area contributed by atoms with Crippen LogP contribution in [0.15, 0.2) is 18.2 Å². The average Bonchev–Trinajstić information content (AvgIpc) is 2.46. The standard InChI is InChI=1S/C10H8O2S/c1-6-2-8-9(12)3-7(5-11)4-10(8)13-6/h2-5,12H,1H3. The number of carbonyl (C=O) groups is 1. The number of thiophene rings is 1. The van der Waals surface area contributed by atoms with Crippen LogP contribution in [0, 0.1) is 6.92 Å². The van der Waals surface area contributed by atoms with Gasteiger partial charge in [0.15, 0.2) is 0 Å². The summed E-state index contributed by atoms with van der Waals surface area (Å²) in [5.41, 5.74) is 0.520. The van der Waals surface area contributed by atoms with Crippen molar-refractivity contribution >= 4 is 27.7 Å². The van der Waals surface area contributed by atoms with Crippen LogP contribution in [0.4, 0.5) is 0 Å². The summed E-state index contributed by atoms with van der Waals surface area (Å²) >= 11 is 1.58. The van der Waals surface area contributed by atoms with Gasteiger partial charge in [-0.1, -0.05) is 0 Å². The van der Waals surface area contributed by atoms with E-state index >= 15 is 0 Å². The minimum absolute atomic E-state index is 0.184. The number of aryl methyl sites for hydroxylation is 1. The van der Waals surface area contributed by atoms with Crippen molar-refractivity contribution in [3.05, 3.63) is 28.6 Å². The lowest BCUT2D eigenvalue weighted by atomic mass is 10.1. The van der Waals surface area contributed by atoms with Crippen LogP contribution in [-0.4, -0.2) is 11.4 Å². The molecule has 0 aliphatic carbocycles. The Morgan fingerprint density at radius 1 is 1.38 bits per heavy atom. The minimum atomic E-state index is 0.184. The SMILES string of the molecule is Cc1cc2c(O)cc(C=O)cc2s1. The number of aromatic hydroxyl groups is 1. The fourth-order valence-corrected chi connectivity index (χ4v) is 2.33. The second-order valence-corrected chi connectivity index (χ2v) is 4.21. The predicted molar refractivity (Wildman–Crippen MR) is 53.6 cm³/mol. The van der Waals surface area contributed by atoms with E-state index < -0.39 is 0 Å². The van der Waals surface area contributed by atoms with Gasteiger partial charge in [-0.15, -0.1) is 11.3 Å². The van der Waals surface area contributed by atoms with Crippen molar-refractivity contribution in [2.24, 2.45) is 0 Å². The first-order valence-electron chi connectivity index (χ1n) is 3.89. The molecule has 0 unspecified atom stereocenters. The molecular weight excluding hydrogens is 184 g/mol. The maximum atomic E-state index is 10.5. The number of phenols is 1. The summed E-state index contributed by atoms with van der Waals surface area (Å²) < 4.78 is 0.958. The van der Waals surface area contributed by atoms with E-state index in [0.29, 0.717) is 5.56 Å². The van der Waals surface area contributed by atoms with Crippen molar-refractivity contribution in [3.8, 4) is 5.75 Å². The van der Waals surface area contributed by atoms with E-state index in [1.54, 1.807) is 17.4 Å². The Hall–Kier alpha value is -1.35. The van der Waals surface area contributed by atoms with Gasteiger partial charge in [-0.2, -0.15) is 0 Å². The van der Waals surface area contributed by atoms with Crippen molar-refractivity contribution in [2.45, 2.75) is 6.92 Å². The number of hydrogen-bond acceptors (Lipinski definition) is 3. The topological polar surface area (TPSA) is 37.3 Å². The molecule has 0 atom stereocenters. The maximum absolute atomic E-state index is 10.5. The monoisotopic (exact) mass is 192 g/mol. The van der Waals surface area contributed by atoms with Crippen LogP contribution >= 0.6 is 11.3 Å². The molecule has 66 valence electrons. The quantitative estimate of drug-likeness (QED) is 0.705. The number of benzene rings is 1. The first-order valence-corrected chi connectivity index (χ1v) is 4.70. The molecule has 0 spiro atoms. The average molecular weight is 192 g/mol. The van der Waals surface area contributed by atoms with Gasteiger partial charge in [-0.3, -0.25) is 4.79 Å². The summed E-state index contributed by atoms with van der Waals surface area (Å²) in [4.78, 5) is 11.6. The van der Waals surface area contributed by atoms with Crippen LogP contribution < -0.4 is 0 Å². The summed E-state index contributed by atoms with van der Waals surface area (Å²) in [6, 6.07) is 5.20. The van der Waals surface area contributed by atoms with Crippen LogP contribution in [0.2, 0.25) is 0 Å². The van der Waals surface area contributed by atoms with Crippen LogP contribution in [0.1, 0.15) is 15.2 Å². The Morgan fingerprint density at radius 3 is 2.85 bits per heavy atom. The Kier molecular flexibility index (Phi) is 1.81. The first kappa shape index (κ1) is 8.26. The largest absolute Gasteiger partial charge is 0.507 e. The van der Waals surface area contributed by atoms with Crippen molar-refractivity contribution in [1.82, 2.24) is 0 Å². The highest BCUT2D eigenvalue weighted by Gasteiger charge is 2.05. The van der Waals surface area contributed by atoms with Gasteiger partial charge in [-0.05, 0) is 25.1 Å². The molecule has 0 saturated heterocycles. The number of carbonyl (C=O) groups excluding carboxylic acids is 1. The fourth-order valence-electron chi connectivity index (χ4n) is 1.34. The minimum Gasteiger partial charge on any atom is -0.507 e. The number of aldehydes is 1. The molecule has 2 rings (SSSR count). The van der Waals surface area contributed by atoms with Crippen molar-refractivity contribution in [3.63, 3.8) is 0 Å². The summed E-state index contributed by atoms with van der Waals surface area (Å²) in [5, 5.41) is 10.4. The molecule has 2 aromatic rings. The van der Waals surface area contributed by atoms with E-state index in [4.69, 9.17) is 0 Å². The molecule has 13 heavy (non-hydrogen) atoms. The number of rotatable bonds is 1. The van der Waals surface area contributed by atoms with E-state index in [9.17, 15) is 9.90 Å². The third kappa shape index (κ3) is 1.31. The lowest BCUT2D eigenvalue weighted by molar-refractivity contribution is 0.112. The van der Waals surface area contributed by atoms with Crippen molar-refractivity contribution in [1.29, 1.82) is 0 Å². The summed E-state index contributed by atoms with van der Waals surface area (Å²) in [5.74, 6) is 0.184. The second-order valence-electron chi connectivity index (χ2n) is 2.93. The number of phenolic OH excluding ortho intramolecular Hbond substituents is 1. The third-order valence-corrected chi connectivity index (χ3v) is 2.89. The lowest BCUT2D eigenvalue weighted by Gasteiger charge is -1.95. The molecule has 1 heterocycles. The molecule has 0 aliphatic rings. The molecule has 0 fully saturated rings. The van der Waals surface area contributed by atoms with Gasteiger partial charge in [0.05, 0.1) is 0 Å². The zero-order valence-electron chi connectivity index (χ0n) is 7.07. The predicted octanol–water partition coefficient (Wildman–Crippen LogP) is 2.73. The smallest absolute Gasteiger partial charge is 0.150 e. The van der Waals surface area contributed by atoms with E-state index in [1.165, 1.54) is 6.07 Å². The Labute approximate surface area is 79.4 Å². The van der Waals surface area contributed by atoms with Crippen LogP contribution in [0.3, 0.4) is 0 Å². The molecule has 0 radical (unpaired) electrons. The molecule has 0 amide bonds. The molecule has 1 aromatic heterocycles. The molecule has 0 bridgehead atoms. The first-order chi connectivity index (χ1) is 6.20. The summed E-state index contributed by atoms with van der Waals surface area (Å²) in [6.07, 6.45) is 0.744. The lowest BCUT2D eigenvalue weighted by Crippen LogP contribution is -1.77. The van der Waals surface area contributed by atoms with Crippen molar-refractivity contribution in [2.75, 3.05) is 0 Å². The number of hydrogen-bond donors (Lipinski definition) is 1. The normalized spacial score (nSPS) is 10.5. The van der Waals surface area contributed by atoms with Gasteiger partial charge in [0.25, 0.3) is 0 Å². The van der Waals surface area contributed by atoms with Gasteiger partial charge in [0, 0.05) is 20.5 Å². The van der Waals surface area contributed by atoms with Crippen LogP contribution in [0.25, 0.3) is 10.1 Å². The highest BCUT2D eigenvalue weighted by Crippen LogP contribution is 2.32. The molecule has 0 aliphatic heterocycles. The Bertz CT molecular complexity index is 471. The van der Waals surface area contributed by atoms with Crippen LogP contribution in [0.5, 0.6) is 5.75 Å². The van der Waals surface area contributed by atoms with E-state index in [0.717, 1.165) is 21.2 Å². The van der Waals surface area contributed by atoms with E-state index in [2.05, 4.69) is 0 Å². The Balaban J connectivity index is 2.82. The van der Waals surface area contributed by atoms with Gasteiger partial charge in [0.2, 0.25) is 0 Å². The third-order valence-electron chi connectivity index (χ3n) is 1.90. The van der Waals surface area contributed by atoms with Crippen LogP contribution in [-0.2, 0) is 0 Å². The van der Waals surface area contributed by atoms with Gasteiger partial charge in [-0.25, -0.2) is 0 Å². The molecule has 0 saturated carbocycles. The summed E-state index contributed by atoms with van der Waals surface area (Å²) in [7, 11) is 0. The number of fused-ring (bicyclic) bond motifs is 1. The molecule has 1 N–H and O–H groups in total. The second kappa shape index (κ2) is 2.85. The fraction of sp³-hybridized carbons (Fsp3) is 0.100.